The maximum absolute atomic E-state index is 4.60. The Morgan fingerprint density at radius 3 is 2.65 bits per heavy atom. The summed E-state index contributed by atoms with van der Waals surface area (Å²) >= 11 is 1.67. The van der Waals surface area contributed by atoms with Crippen LogP contribution in [-0.2, 0) is 0 Å². The molecular weight excluding hydrogens is 232 g/mol. The minimum atomic E-state index is 0.736. The third-order valence-corrected chi connectivity index (χ3v) is 3.42. The van der Waals surface area contributed by atoms with Crippen LogP contribution in [0.3, 0.4) is 0 Å². The van der Waals surface area contributed by atoms with Gasteiger partial charge in [0.1, 0.15) is 0 Å². The van der Waals surface area contributed by atoms with Crippen LogP contribution in [0.1, 0.15) is 0 Å². The van der Waals surface area contributed by atoms with Crippen LogP contribution < -0.4 is 4.90 Å². The smallest absolute Gasteiger partial charge is 0.227 e. The Morgan fingerprint density at radius 2 is 1.94 bits per heavy atom. The van der Waals surface area contributed by atoms with Gasteiger partial charge in [0.25, 0.3) is 0 Å². The maximum atomic E-state index is 4.60. The van der Waals surface area contributed by atoms with Gasteiger partial charge in [-0.15, -0.1) is 11.3 Å². The number of aromatic nitrogens is 3. The van der Waals surface area contributed by atoms with Crippen LogP contribution in [0.25, 0.3) is 16.0 Å². The molecule has 0 spiro atoms. The van der Waals surface area contributed by atoms with E-state index < -0.39 is 0 Å². The van der Waals surface area contributed by atoms with E-state index in [2.05, 4.69) is 9.97 Å². The van der Waals surface area contributed by atoms with Gasteiger partial charge in [-0.05, 0) is 23.6 Å². The number of hydrogen-bond donors (Lipinski definition) is 0. The molecule has 0 bridgehead atoms. The van der Waals surface area contributed by atoms with Crippen molar-refractivity contribution in [2.24, 2.45) is 0 Å². The largest absolute Gasteiger partial charge is 0.347 e. The summed E-state index contributed by atoms with van der Waals surface area (Å²) in [6.07, 6.45) is 4.00. The zero-order valence-electron chi connectivity index (χ0n) is 9.66. The highest BCUT2D eigenvalue weighted by molar-refractivity contribution is 7.17. The lowest BCUT2D eigenvalue weighted by molar-refractivity contribution is 0.961. The fourth-order valence-electron chi connectivity index (χ4n) is 1.69. The van der Waals surface area contributed by atoms with E-state index in [1.54, 1.807) is 11.3 Å². The first-order valence-electron chi connectivity index (χ1n) is 5.31. The molecule has 0 saturated carbocycles. The first kappa shape index (κ1) is 10.3. The average Bonchev–Trinajstić information content (AvgIpc) is 2.98. The van der Waals surface area contributed by atoms with Crippen LogP contribution >= 0.6 is 11.3 Å². The molecule has 0 aliphatic heterocycles. The molecule has 0 aliphatic carbocycles. The molecule has 0 N–H and O–H groups in total. The van der Waals surface area contributed by atoms with Crippen molar-refractivity contribution in [3.05, 3.63) is 36.0 Å². The molecule has 3 rings (SSSR count). The van der Waals surface area contributed by atoms with E-state index in [9.17, 15) is 0 Å². The summed E-state index contributed by atoms with van der Waals surface area (Å²) in [5.41, 5.74) is 0.998. The van der Waals surface area contributed by atoms with Crippen LogP contribution in [0.15, 0.2) is 36.0 Å². The summed E-state index contributed by atoms with van der Waals surface area (Å²) in [6.45, 7) is 0. The Balaban J connectivity index is 2.31. The normalized spacial score (nSPS) is 10.9. The highest BCUT2D eigenvalue weighted by Gasteiger charge is 2.10. The van der Waals surface area contributed by atoms with Gasteiger partial charge in [-0.3, -0.25) is 0 Å². The summed E-state index contributed by atoms with van der Waals surface area (Å²) in [5, 5.41) is 2.05. The minimum absolute atomic E-state index is 0.736. The molecule has 4 nitrogen and oxygen atoms in total. The molecule has 0 amide bonds. The van der Waals surface area contributed by atoms with Crippen molar-refractivity contribution in [2.45, 2.75) is 0 Å². The number of fused-ring (bicyclic) bond motifs is 1. The van der Waals surface area contributed by atoms with Crippen molar-refractivity contribution in [3.63, 3.8) is 0 Å². The van der Waals surface area contributed by atoms with Crippen molar-refractivity contribution >= 4 is 27.5 Å². The molecule has 3 aromatic heterocycles. The van der Waals surface area contributed by atoms with Gasteiger partial charge >= 0.3 is 0 Å². The SMILES string of the molecule is CN(C)c1nc(-n2cccc2)c2sccc2n1. The second kappa shape index (κ2) is 3.85. The molecule has 17 heavy (non-hydrogen) atoms. The maximum Gasteiger partial charge on any atom is 0.227 e. The van der Waals surface area contributed by atoms with E-state index >= 15 is 0 Å². The molecule has 0 atom stereocenters. The Morgan fingerprint density at radius 1 is 1.18 bits per heavy atom. The standard InChI is InChI=1S/C12H12N4S/c1-15(2)12-13-9-5-8-17-10(9)11(14-12)16-6-3-4-7-16/h3-8H,1-2H3. The summed E-state index contributed by atoms with van der Waals surface area (Å²) in [4.78, 5) is 11.0. The Labute approximate surface area is 103 Å². The Hall–Kier alpha value is -1.88. The van der Waals surface area contributed by atoms with Gasteiger partial charge in [0.15, 0.2) is 5.82 Å². The van der Waals surface area contributed by atoms with Gasteiger partial charge in [0.05, 0.1) is 10.2 Å². The molecule has 3 aromatic rings. The van der Waals surface area contributed by atoms with Gasteiger partial charge in [-0.25, -0.2) is 4.98 Å². The van der Waals surface area contributed by atoms with Crippen molar-refractivity contribution in [1.82, 2.24) is 14.5 Å². The predicted molar refractivity (Wildman–Crippen MR) is 71.1 cm³/mol. The predicted octanol–water partition coefficient (Wildman–Crippen LogP) is 2.55. The quantitative estimate of drug-likeness (QED) is 0.694. The van der Waals surface area contributed by atoms with E-state index in [-0.39, 0.29) is 0 Å². The third kappa shape index (κ3) is 1.68. The van der Waals surface area contributed by atoms with Crippen molar-refractivity contribution in [2.75, 3.05) is 19.0 Å². The first-order valence-corrected chi connectivity index (χ1v) is 6.19. The summed E-state index contributed by atoms with van der Waals surface area (Å²) in [6, 6.07) is 6.02. The summed E-state index contributed by atoms with van der Waals surface area (Å²) < 4.78 is 3.14. The van der Waals surface area contributed by atoms with E-state index in [0.29, 0.717) is 0 Å². The summed E-state index contributed by atoms with van der Waals surface area (Å²) in [7, 11) is 3.90. The highest BCUT2D eigenvalue weighted by Crippen LogP contribution is 2.26. The Bertz CT molecular complexity index is 640. The van der Waals surface area contributed by atoms with E-state index in [1.807, 2.05) is 59.5 Å². The van der Waals surface area contributed by atoms with Gasteiger partial charge in [0, 0.05) is 26.5 Å². The monoisotopic (exact) mass is 244 g/mol. The number of rotatable bonds is 2. The van der Waals surface area contributed by atoms with Crippen LogP contribution in [0.2, 0.25) is 0 Å². The number of nitrogens with zero attached hydrogens (tertiary/aromatic N) is 4. The second-order valence-electron chi connectivity index (χ2n) is 3.97. The van der Waals surface area contributed by atoms with Gasteiger partial charge < -0.3 is 9.47 Å². The zero-order chi connectivity index (χ0) is 11.8. The van der Waals surface area contributed by atoms with Crippen LogP contribution in [0.5, 0.6) is 0 Å². The highest BCUT2D eigenvalue weighted by atomic mass is 32.1. The molecule has 3 heterocycles. The fourth-order valence-corrected chi connectivity index (χ4v) is 2.51. The van der Waals surface area contributed by atoms with Gasteiger partial charge in [-0.2, -0.15) is 4.98 Å². The van der Waals surface area contributed by atoms with E-state index in [4.69, 9.17) is 0 Å². The van der Waals surface area contributed by atoms with E-state index in [0.717, 1.165) is 22.0 Å². The third-order valence-electron chi connectivity index (χ3n) is 2.52. The molecule has 0 fully saturated rings. The molecule has 0 saturated heterocycles. The van der Waals surface area contributed by atoms with Crippen LogP contribution in [0, 0.1) is 0 Å². The lowest BCUT2D eigenvalue weighted by Crippen LogP contribution is -2.13. The van der Waals surface area contributed by atoms with Crippen LogP contribution in [-0.4, -0.2) is 28.6 Å². The zero-order valence-corrected chi connectivity index (χ0v) is 10.5. The minimum Gasteiger partial charge on any atom is -0.347 e. The fraction of sp³-hybridized carbons (Fsp3) is 0.167. The lowest BCUT2D eigenvalue weighted by Gasteiger charge is -2.12. The molecular formula is C12H12N4S. The molecule has 0 aliphatic rings. The van der Waals surface area contributed by atoms with Crippen LogP contribution in [0.4, 0.5) is 5.95 Å². The van der Waals surface area contributed by atoms with E-state index in [1.165, 1.54) is 0 Å². The van der Waals surface area contributed by atoms with Crippen molar-refractivity contribution in [3.8, 4) is 5.82 Å². The number of thiophene rings is 1. The topological polar surface area (TPSA) is 34.0 Å². The number of hydrogen-bond acceptors (Lipinski definition) is 4. The first-order chi connectivity index (χ1) is 8.25. The van der Waals surface area contributed by atoms with Gasteiger partial charge in [-0.1, -0.05) is 0 Å². The van der Waals surface area contributed by atoms with Crippen molar-refractivity contribution in [1.29, 1.82) is 0 Å². The summed E-state index contributed by atoms with van der Waals surface area (Å²) in [5.74, 6) is 1.68. The van der Waals surface area contributed by atoms with Crippen molar-refractivity contribution < 1.29 is 0 Å². The molecule has 5 heteroatoms. The molecule has 0 unspecified atom stereocenters. The molecule has 0 aromatic carbocycles. The second-order valence-corrected chi connectivity index (χ2v) is 4.88. The molecule has 0 radical (unpaired) electrons. The Kier molecular flexibility index (Phi) is 2.33. The number of anilines is 1. The molecule has 86 valence electrons. The lowest BCUT2D eigenvalue weighted by atomic mass is 10.4. The average molecular weight is 244 g/mol. The van der Waals surface area contributed by atoms with Gasteiger partial charge in [0.2, 0.25) is 5.95 Å².